The number of carbonyl (C=O) groups is 1. The molecule has 4 nitrogen and oxygen atoms in total. The normalized spacial score (nSPS) is 10.2. The molecule has 1 aromatic carbocycles. The molecule has 0 aliphatic carbocycles. The monoisotopic (exact) mass is 201 g/mol. The Balaban J connectivity index is 2.29. The first-order valence-electron chi connectivity index (χ1n) is 4.58. The summed E-state index contributed by atoms with van der Waals surface area (Å²) in [6, 6.07) is 9.08. The van der Waals surface area contributed by atoms with E-state index in [2.05, 4.69) is 12.1 Å². The predicted octanol–water partition coefficient (Wildman–Crippen LogP) is 0.367. The van der Waals surface area contributed by atoms with Crippen molar-refractivity contribution < 1.29 is 10.1 Å². The summed E-state index contributed by atoms with van der Waals surface area (Å²) in [5, 5.41) is 5.40. The minimum atomic E-state index is -0.0676. The molecule has 0 bridgehead atoms. The zero-order valence-corrected chi connectivity index (χ0v) is 8.13. The molecule has 0 unspecified atom stereocenters. The highest BCUT2D eigenvalue weighted by Crippen LogP contribution is 2.07. The summed E-state index contributed by atoms with van der Waals surface area (Å²) < 4.78 is 1.74. The number of amides is 1. The number of carbonyl (C=O) groups excluding carboxylic acids is 1. The third-order valence-corrected chi connectivity index (χ3v) is 2.11. The van der Waals surface area contributed by atoms with Gasteiger partial charge in [0.05, 0.1) is 11.3 Å². The van der Waals surface area contributed by atoms with E-state index in [1.165, 1.54) is 5.32 Å². The van der Waals surface area contributed by atoms with Gasteiger partial charge in [0.25, 0.3) is 0 Å². The molecule has 76 valence electrons. The Labute approximate surface area is 87.5 Å². The van der Waals surface area contributed by atoms with Crippen LogP contribution in [0.1, 0.15) is 10.4 Å². The molecule has 0 atom stereocenters. The van der Waals surface area contributed by atoms with Crippen molar-refractivity contribution in [2.24, 2.45) is 0 Å². The summed E-state index contributed by atoms with van der Waals surface area (Å²) in [7, 11) is 3.44. The molecular weight excluding hydrogens is 190 g/mol. The van der Waals surface area contributed by atoms with Crippen LogP contribution in [0.2, 0.25) is 0 Å². The van der Waals surface area contributed by atoms with Crippen molar-refractivity contribution in [2.75, 3.05) is 0 Å². The molecule has 1 aromatic heterocycles. The lowest BCUT2D eigenvalue weighted by molar-refractivity contribution is -0.489. The summed E-state index contributed by atoms with van der Waals surface area (Å²) >= 11 is 0. The molecule has 4 heteroatoms. The second-order valence-electron chi connectivity index (χ2n) is 3.07. The maximum absolute atomic E-state index is 11.3. The summed E-state index contributed by atoms with van der Waals surface area (Å²) in [6.45, 7) is 0. The molecule has 1 amide bonds. The van der Waals surface area contributed by atoms with Crippen LogP contribution in [0.4, 0.5) is 0 Å². The first kappa shape index (κ1) is 9.61. The number of hydrogen-bond donors (Lipinski definition) is 1. The first-order chi connectivity index (χ1) is 7.31. The number of hydrogen-bond acceptors (Lipinski definition) is 2. The molecule has 2 rings (SSSR count). The number of aromatic nitrogens is 2. The van der Waals surface area contributed by atoms with E-state index in [-0.39, 0.29) is 5.91 Å². The zero-order chi connectivity index (χ0) is 10.7. The predicted molar refractivity (Wildman–Crippen MR) is 55.2 cm³/mol. The van der Waals surface area contributed by atoms with E-state index in [0.717, 1.165) is 5.69 Å². The fraction of sp³-hybridized carbons (Fsp3) is 0. The number of nitrogens with two attached hydrogens (primary N) is 1. The average molecular weight is 201 g/mol. The van der Waals surface area contributed by atoms with E-state index in [0.29, 0.717) is 5.56 Å². The maximum Gasteiger partial charge on any atom is 0.316 e. The lowest BCUT2D eigenvalue weighted by Crippen LogP contribution is -2.81. The van der Waals surface area contributed by atoms with Crippen LogP contribution in [-0.2, 0) is 0 Å². The number of nitrogens with zero attached hydrogens (tertiary/aromatic N) is 2. The molecule has 1 heterocycles. The topological polar surface area (TPSA) is 51.5 Å². The number of rotatable bonds is 2. The Bertz CT molecular complexity index is 445. The number of benzene rings is 1. The fourth-order valence-electron chi connectivity index (χ4n) is 1.32. The standard InChI is InChI=1S/C11H11N3O/c1-12-11(15)9-3-5-10(6-4-9)14-8-2-7-13-14/h2-8H,1,12H2. The summed E-state index contributed by atoms with van der Waals surface area (Å²) in [5.74, 6) is -0.0676. The zero-order valence-electron chi connectivity index (χ0n) is 8.13. The quantitative estimate of drug-likeness (QED) is 0.713. The second-order valence-corrected chi connectivity index (χ2v) is 3.07. The summed E-state index contributed by atoms with van der Waals surface area (Å²) in [5.41, 5.74) is 1.57. The number of quaternary nitrogens is 1. The molecular formula is C11H11N3O. The van der Waals surface area contributed by atoms with Gasteiger partial charge in [0.15, 0.2) is 0 Å². The molecule has 0 radical (unpaired) electrons. The first-order valence-corrected chi connectivity index (χ1v) is 4.58. The van der Waals surface area contributed by atoms with Crippen LogP contribution in [0, 0.1) is 7.05 Å². The Morgan fingerprint density at radius 3 is 2.60 bits per heavy atom. The van der Waals surface area contributed by atoms with E-state index < -0.39 is 0 Å². The minimum absolute atomic E-state index is 0.0676. The van der Waals surface area contributed by atoms with Crippen LogP contribution >= 0.6 is 0 Å². The van der Waals surface area contributed by atoms with Crippen LogP contribution < -0.4 is 5.32 Å². The molecule has 2 N–H and O–H groups in total. The van der Waals surface area contributed by atoms with Crippen LogP contribution in [-0.4, -0.2) is 15.7 Å². The van der Waals surface area contributed by atoms with Gasteiger partial charge in [-0.15, -0.1) is 7.05 Å². The Kier molecular flexibility index (Phi) is 2.60. The minimum Gasteiger partial charge on any atom is -0.411 e. The second kappa shape index (κ2) is 4.06. The molecule has 0 saturated heterocycles. The summed E-state index contributed by atoms with van der Waals surface area (Å²) in [6.07, 6.45) is 3.56. The third kappa shape index (κ3) is 1.94. The van der Waals surface area contributed by atoms with E-state index in [9.17, 15) is 4.79 Å². The van der Waals surface area contributed by atoms with Crippen molar-refractivity contribution in [3.63, 3.8) is 0 Å². The molecule has 0 aliphatic heterocycles. The molecule has 0 spiro atoms. The van der Waals surface area contributed by atoms with Crippen LogP contribution in [0.25, 0.3) is 5.69 Å². The highest BCUT2D eigenvalue weighted by atomic mass is 16.1. The maximum atomic E-state index is 11.3. The largest absolute Gasteiger partial charge is 0.411 e. The van der Waals surface area contributed by atoms with Crippen molar-refractivity contribution >= 4 is 5.91 Å². The van der Waals surface area contributed by atoms with Gasteiger partial charge in [0.1, 0.15) is 0 Å². The highest BCUT2D eigenvalue weighted by molar-refractivity contribution is 5.86. The van der Waals surface area contributed by atoms with Gasteiger partial charge in [0, 0.05) is 12.4 Å². The van der Waals surface area contributed by atoms with Gasteiger partial charge in [0.2, 0.25) is 0 Å². The van der Waals surface area contributed by atoms with E-state index in [4.69, 9.17) is 0 Å². The van der Waals surface area contributed by atoms with Gasteiger partial charge in [-0.3, -0.25) is 0 Å². The molecule has 0 fully saturated rings. The fourth-order valence-corrected chi connectivity index (χ4v) is 1.32. The number of primary amides is 1. The van der Waals surface area contributed by atoms with Gasteiger partial charge < -0.3 is 5.32 Å². The van der Waals surface area contributed by atoms with Gasteiger partial charge >= 0.3 is 5.91 Å². The molecule has 15 heavy (non-hydrogen) atoms. The van der Waals surface area contributed by atoms with Gasteiger partial charge in [-0.2, -0.15) is 5.10 Å². The lowest BCUT2D eigenvalue weighted by Gasteiger charge is -2.02. The van der Waals surface area contributed by atoms with Crippen LogP contribution in [0.15, 0.2) is 42.7 Å². The molecule has 2 aromatic rings. The van der Waals surface area contributed by atoms with Crippen molar-refractivity contribution in [1.29, 1.82) is 0 Å². The summed E-state index contributed by atoms with van der Waals surface area (Å²) in [4.78, 5) is 11.3. The molecule has 0 aliphatic rings. The van der Waals surface area contributed by atoms with Crippen molar-refractivity contribution in [2.45, 2.75) is 0 Å². The van der Waals surface area contributed by atoms with Crippen LogP contribution in [0.5, 0.6) is 0 Å². The van der Waals surface area contributed by atoms with E-state index >= 15 is 0 Å². The van der Waals surface area contributed by atoms with E-state index in [1.54, 1.807) is 23.0 Å². The van der Waals surface area contributed by atoms with Gasteiger partial charge in [-0.1, -0.05) is 0 Å². The van der Waals surface area contributed by atoms with Gasteiger partial charge in [-0.25, -0.2) is 9.48 Å². The Hall–Kier alpha value is -1.94. The van der Waals surface area contributed by atoms with E-state index in [1.807, 2.05) is 24.4 Å². The average Bonchev–Trinajstić information content (AvgIpc) is 2.82. The highest BCUT2D eigenvalue weighted by Gasteiger charge is 2.04. The Morgan fingerprint density at radius 1 is 1.33 bits per heavy atom. The smallest absolute Gasteiger partial charge is 0.316 e. The van der Waals surface area contributed by atoms with Gasteiger partial charge in [-0.05, 0) is 30.3 Å². The van der Waals surface area contributed by atoms with Crippen molar-refractivity contribution in [3.05, 3.63) is 55.3 Å². The van der Waals surface area contributed by atoms with Crippen molar-refractivity contribution in [1.82, 2.24) is 9.78 Å². The van der Waals surface area contributed by atoms with Crippen molar-refractivity contribution in [3.8, 4) is 5.69 Å². The third-order valence-electron chi connectivity index (χ3n) is 2.11. The molecule has 0 saturated carbocycles. The van der Waals surface area contributed by atoms with Crippen LogP contribution in [0.3, 0.4) is 0 Å². The lowest BCUT2D eigenvalue weighted by atomic mass is 10.2. The SMILES string of the molecule is [CH2-][NH2+]C(=O)c1ccc(-n2cccn2)cc1. The Morgan fingerprint density at radius 2 is 2.07 bits per heavy atom.